The van der Waals surface area contributed by atoms with Gasteiger partial charge in [-0.25, -0.2) is 0 Å². The number of rotatable bonds is 4. The molecule has 3 N–H and O–H groups in total. The molecular formula is C13H19ClN2O. The molecule has 0 aliphatic carbocycles. The molecule has 1 heterocycles. The van der Waals surface area contributed by atoms with Gasteiger partial charge in [0.05, 0.1) is 17.3 Å². The lowest BCUT2D eigenvalue weighted by Crippen LogP contribution is -2.33. The zero-order chi connectivity index (χ0) is 12.3. The maximum Gasteiger partial charge on any atom is 0.0635 e. The van der Waals surface area contributed by atoms with Gasteiger partial charge in [-0.3, -0.25) is 0 Å². The molecule has 1 saturated heterocycles. The molecular weight excluding hydrogens is 236 g/mol. The van der Waals surface area contributed by atoms with Crippen LogP contribution in [0.15, 0.2) is 18.2 Å². The summed E-state index contributed by atoms with van der Waals surface area (Å²) in [6.45, 7) is 4.79. The van der Waals surface area contributed by atoms with Crippen molar-refractivity contribution in [1.29, 1.82) is 0 Å². The quantitative estimate of drug-likeness (QED) is 0.812. The molecule has 1 aliphatic rings. The maximum absolute atomic E-state index is 5.89. The molecule has 3 nitrogen and oxygen atoms in total. The van der Waals surface area contributed by atoms with Crippen molar-refractivity contribution in [3.8, 4) is 0 Å². The van der Waals surface area contributed by atoms with Crippen molar-refractivity contribution in [1.82, 2.24) is 5.32 Å². The molecule has 0 bridgehead atoms. The van der Waals surface area contributed by atoms with Crippen LogP contribution >= 0.6 is 11.6 Å². The summed E-state index contributed by atoms with van der Waals surface area (Å²) in [5.74, 6) is 0.625. The summed E-state index contributed by atoms with van der Waals surface area (Å²) >= 11 is 5.89. The van der Waals surface area contributed by atoms with Gasteiger partial charge in [-0.15, -0.1) is 0 Å². The van der Waals surface area contributed by atoms with E-state index in [4.69, 9.17) is 22.1 Å². The fourth-order valence-corrected chi connectivity index (χ4v) is 2.21. The third-order valence-electron chi connectivity index (χ3n) is 3.36. The van der Waals surface area contributed by atoms with Crippen molar-refractivity contribution in [3.05, 3.63) is 28.8 Å². The van der Waals surface area contributed by atoms with Crippen molar-refractivity contribution >= 4 is 17.3 Å². The van der Waals surface area contributed by atoms with Gasteiger partial charge < -0.3 is 15.8 Å². The van der Waals surface area contributed by atoms with Gasteiger partial charge in [-0.2, -0.15) is 0 Å². The fraction of sp³-hybridized carbons (Fsp3) is 0.538. The van der Waals surface area contributed by atoms with Crippen molar-refractivity contribution in [3.63, 3.8) is 0 Å². The van der Waals surface area contributed by atoms with Gasteiger partial charge in [0.1, 0.15) is 0 Å². The number of ether oxygens (including phenoxy) is 1. The van der Waals surface area contributed by atoms with E-state index in [9.17, 15) is 0 Å². The Labute approximate surface area is 107 Å². The number of hydrogen-bond acceptors (Lipinski definition) is 3. The molecule has 4 heteroatoms. The molecule has 94 valence electrons. The van der Waals surface area contributed by atoms with E-state index >= 15 is 0 Å². The van der Waals surface area contributed by atoms with E-state index in [-0.39, 0.29) is 0 Å². The third kappa shape index (κ3) is 3.35. The van der Waals surface area contributed by atoms with E-state index < -0.39 is 0 Å². The first-order valence-corrected chi connectivity index (χ1v) is 6.39. The minimum absolute atomic E-state index is 0.467. The molecule has 17 heavy (non-hydrogen) atoms. The minimum Gasteiger partial charge on any atom is -0.398 e. The van der Waals surface area contributed by atoms with Crippen LogP contribution in [0.25, 0.3) is 0 Å². The standard InChI is InChI=1S/C13H19ClN2O/c1-9(11-4-5-17-8-11)16-7-10-2-3-12(14)13(15)6-10/h2-3,6,9,11,16H,4-5,7-8,15H2,1H3. The van der Waals surface area contributed by atoms with Crippen LogP contribution in [0.4, 0.5) is 5.69 Å². The second-order valence-corrected chi connectivity index (χ2v) is 5.06. The summed E-state index contributed by atoms with van der Waals surface area (Å²) < 4.78 is 5.39. The van der Waals surface area contributed by atoms with Crippen LogP contribution in [0.3, 0.4) is 0 Å². The number of halogens is 1. The molecule has 1 aromatic carbocycles. The lowest BCUT2D eigenvalue weighted by molar-refractivity contribution is 0.178. The molecule has 1 aliphatic heterocycles. The van der Waals surface area contributed by atoms with Gasteiger partial charge in [0, 0.05) is 19.2 Å². The Kier molecular flexibility index (Phi) is 4.26. The third-order valence-corrected chi connectivity index (χ3v) is 3.70. The van der Waals surface area contributed by atoms with Crippen LogP contribution < -0.4 is 11.1 Å². The van der Waals surface area contributed by atoms with E-state index in [1.54, 1.807) is 0 Å². The van der Waals surface area contributed by atoms with Crippen molar-refractivity contribution < 1.29 is 4.74 Å². The van der Waals surface area contributed by atoms with Gasteiger partial charge in [-0.1, -0.05) is 17.7 Å². The van der Waals surface area contributed by atoms with Crippen LogP contribution in [0.2, 0.25) is 5.02 Å². The number of nitrogens with one attached hydrogen (secondary N) is 1. The molecule has 2 rings (SSSR count). The summed E-state index contributed by atoms with van der Waals surface area (Å²) in [4.78, 5) is 0. The lowest BCUT2D eigenvalue weighted by Gasteiger charge is -2.19. The van der Waals surface area contributed by atoms with Crippen LogP contribution in [0.5, 0.6) is 0 Å². The van der Waals surface area contributed by atoms with E-state index in [0.717, 1.165) is 31.7 Å². The summed E-state index contributed by atoms with van der Waals surface area (Å²) in [5.41, 5.74) is 7.58. The summed E-state index contributed by atoms with van der Waals surface area (Å²) in [6, 6.07) is 6.24. The first-order chi connectivity index (χ1) is 8.16. The van der Waals surface area contributed by atoms with Crippen LogP contribution in [-0.2, 0) is 11.3 Å². The number of nitrogens with two attached hydrogens (primary N) is 1. The summed E-state index contributed by atoms with van der Waals surface area (Å²) in [6.07, 6.45) is 1.15. The molecule has 2 atom stereocenters. The highest BCUT2D eigenvalue weighted by Crippen LogP contribution is 2.20. The number of anilines is 1. The molecule has 1 fully saturated rings. The van der Waals surface area contributed by atoms with Gasteiger partial charge in [0.25, 0.3) is 0 Å². The topological polar surface area (TPSA) is 47.3 Å². The number of hydrogen-bond donors (Lipinski definition) is 2. The van der Waals surface area contributed by atoms with E-state index in [2.05, 4.69) is 12.2 Å². The fourth-order valence-electron chi connectivity index (χ4n) is 2.10. The normalized spacial score (nSPS) is 21.6. The minimum atomic E-state index is 0.467. The molecule has 0 spiro atoms. The van der Waals surface area contributed by atoms with Crippen LogP contribution in [0, 0.1) is 5.92 Å². The Balaban J connectivity index is 1.86. The smallest absolute Gasteiger partial charge is 0.0635 e. The highest BCUT2D eigenvalue weighted by Gasteiger charge is 2.21. The SMILES string of the molecule is CC(NCc1ccc(Cl)c(N)c1)C1CCOC1. The van der Waals surface area contributed by atoms with E-state index in [1.807, 2.05) is 18.2 Å². The van der Waals surface area contributed by atoms with Gasteiger partial charge >= 0.3 is 0 Å². The largest absolute Gasteiger partial charge is 0.398 e. The van der Waals surface area contributed by atoms with Crippen molar-refractivity contribution in [2.45, 2.75) is 25.9 Å². The second-order valence-electron chi connectivity index (χ2n) is 4.65. The Bertz CT molecular complexity index is 378. The number of benzene rings is 1. The van der Waals surface area contributed by atoms with Gasteiger partial charge in [0.2, 0.25) is 0 Å². The maximum atomic E-state index is 5.89. The highest BCUT2D eigenvalue weighted by atomic mass is 35.5. The molecule has 1 aromatic rings. The van der Waals surface area contributed by atoms with Crippen LogP contribution in [0.1, 0.15) is 18.9 Å². The predicted molar refractivity (Wildman–Crippen MR) is 71.1 cm³/mol. The van der Waals surface area contributed by atoms with E-state index in [1.165, 1.54) is 0 Å². The average Bonchev–Trinajstić information content (AvgIpc) is 2.84. The molecule has 0 saturated carbocycles. The summed E-state index contributed by atoms with van der Waals surface area (Å²) in [5, 5.41) is 4.13. The molecule has 2 unspecified atom stereocenters. The Morgan fingerprint density at radius 2 is 2.41 bits per heavy atom. The molecule has 0 radical (unpaired) electrons. The predicted octanol–water partition coefficient (Wildman–Crippen LogP) is 2.44. The highest BCUT2D eigenvalue weighted by molar-refractivity contribution is 6.33. The average molecular weight is 255 g/mol. The number of nitrogen functional groups attached to an aromatic ring is 1. The molecule has 0 aromatic heterocycles. The van der Waals surface area contributed by atoms with E-state index in [0.29, 0.717) is 22.7 Å². The van der Waals surface area contributed by atoms with Gasteiger partial charge in [0.15, 0.2) is 0 Å². The Morgan fingerprint density at radius 3 is 3.06 bits per heavy atom. The Morgan fingerprint density at radius 1 is 1.59 bits per heavy atom. The zero-order valence-corrected chi connectivity index (χ0v) is 10.8. The lowest BCUT2D eigenvalue weighted by atomic mass is 10.0. The first-order valence-electron chi connectivity index (χ1n) is 6.02. The van der Waals surface area contributed by atoms with Crippen molar-refractivity contribution in [2.75, 3.05) is 18.9 Å². The van der Waals surface area contributed by atoms with Crippen molar-refractivity contribution in [2.24, 2.45) is 5.92 Å². The van der Waals surface area contributed by atoms with Gasteiger partial charge in [-0.05, 0) is 37.0 Å². The Hall–Kier alpha value is -0.770. The monoisotopic (exact) mass is 254 g/mol. The summed E-state index contributed by atoms with van der Waals surface area (Å²) in [7, 11) is 0. The second kappa shape index (κ2) is 5.71. The first kappa shape index (κ1) is 12.7. The molecule has 0 amide bonds. The van der Waals surface area contributed by atoms with Crippen LogP contribution in [-0.4, -0.2) is 19.3 Å². The zero-order valence-electron chi connectivity index (χ0n) is 10.1.